The molecule has 4 nitrogen and oxygen atoms in total. The third-order valence-electron chi connectivity index (χ3n) is 5.33. The van der Waals surface area contributed by atoms with Crippen molar-refractivity contribution in [2.24, 2.45) is 7.05 Å². The van der Waals surface area contributed by atoms with Crippen molar-refractivity contribution in [2.75, 3.05) is 0 Å². The molecule has 0 aliphatic heterocycles. The lowest BCUT2D eigenvalue weighted by Crippen LogP contribution is -2.24. The molecule has 2 heterocycles. The van der Waals surface area contributed by atoms with Crippen LogP contribution in [0.3, 0.4) is 0 Å². The van der Waals surface area contributed by atoms with Gasteiger partial charge < -0.3 is 0 Å². The van der Waals surface area contributed by atoms with E-state index < -0.39 is 0 Å². The second-order valence-corrected chi connectivity index (χ2v) is 6.97. The molecule has 0 fully saturated rings. The molecule has 4 heteroatoms. The van der Waals surface area contributed by atoms with Crippen LogP contribution in [0.15, 0.2) is 29.1 Å². The second-order valence-electron chi connectivity index (χ2n) is 6.97. The van der Waals surface area contributed by atoms with E-state index in [4.69, 9.17) is 5.10 Å². The molecule has 1 aromatic carbocycles. The van der Waals surface area contributed by atoms with Crippen LogP contribution in [0.25, 0.3) is 16.9 Å². The van der Waals surface area contributed by atoms with Crippen molar-refractivity contribution < 1.29 is 0 Å². The molecule has 0 saturated carbocycles. The summed E-state index contributed by atoms with van der Waals surface area (Å²) >= 11 is 0. The molecular formula is C21H27N3O. The van der Waals surface area contributed by atoms with Gasteiger partial charge in [-0.3, -0.25) is 9.36 Å². The van der Waals surface area contributed by atoms with Gasteiger partial charge in [-0.1, -0.05) is 32.0 Å². The number of hydrogen-bond acceptors (Lipinski definition) is 2. The van der Waals surface area contributed by atoms with Crippen LogP contribution in [0.5, 0.6) is 0 Å². The normalized spacial score (nSPS) is 11.6. The molecule has 3 rings (SSSR count). The molecular weight excluding hydrogens is 310 g/mol. The fourth-order valence-electron chi connectivity index (χ4n) is 3.84. The minimum absolute atomic E-state index is 0.0302. The Kier molecular flexibility index (Phi) is 4.55. The largest absolute Gasteiger partial charge is 0.293 e. The van der Waals surface area contributed by atoms with Crippen molar-refractivity contribution in [2.45, 2.75) is 53.4 Å². The Morgan fingerprint density at radius 1 is 1.08 bits per heavy atom. The predicted octanol–water partition coefficient (Wildman–Crippen LogP) is 4.53. The standard InChI is InChI=1S/C21H27N3O/c1-7-16(8-2)17-12-15(5)24-19(17)21(25)23(6)20(22-24)18-13(3)10-9-11-14(18)4/h9-12,16H,7-8H2,1-6H3. The molecule has 2 aromatic heterocycles. The van der Waals surface area contributed by atoms with Crippen LogP contribution < -0.4 is 5.56 Å². The van der Waals surface area contributed by atoms with Gasteiger partial charge in [-0.2, -0.15) is 0 Å². The summed E-state index contributed by atoms with van der Waals surface area (Å²) in [5.74, 6) is 1.12. The smallest absolute Gasteiger partial charge is 0.278 e. The quantitative estimate of drug-likeness (QED) is 0.702. The Morgan fingerprint density at radius 2 is 1.68 bits per heavy atom. The number of aromatic nitrogens is 3. The molecule has 0 N–H and O–H groups in total. The highest BCUT2D eigenvalue weighted by atomic mass is 16.1. The average Bonchev–Trinajstić information content (AvgIpc) is 2.90. The van der Waals surface area contributed by atoms with Crippen LogP contribution in [0, 0.1) is 20.8 Å². The molecule has 0 unspecified atom stereocenters. The summed E-state index contributed by atoms with van der Waals surface area (Å²) in [6.07, 6.45) is 2.05. The molecule has 0 bridgehead atoms. The molecule has 0 atom stereocenters. The molecule has 0 aliphatic carbocycles. The van der Waals surface area contributed by atoms with Crippen molar-refractivity contribution in [1.29, 1.82) is 0 Å². The fraction of sp³-hybridized carbons (Fsp3) is 0.429. The maximum absolute atomic E-state index is 13.2. The van der Waals surface area contributed by atoms with Gasteiger partial charge in [-0.05, 0) is 62.3 Å². The SMILES string of the molecule is CCC(CC)c1cc(C)n2nc(-c3c(C)cccc3C)n(C)c(=O)c12. The molecule has 0 radical (unpaired) electrons. The molecule has 25 heavy (non-hydrogen) atoms. The maximum Gasteiger partial charge on any atom is 0.278 e. The van der Waals surface area contributed by atoms with Crippen molar-refractivity contribution in [1.82, 2.24) is 14.2 Å². The zero-order chi connectivity index (χ0) is 18.3. The zero-order valence-electron chi connectivity index (χ0n) is 16.1. The topological polar surface area (TPSA) is 39.3 Å². The zero-order valence-corrected chi connectivity index (χ0v) is 16.1. The minimum Gasteiger partial charge on any atom is -0.293 e. The summed E-state index contributed by atoms with van der Waals surface area (Å²) in [4.78, 5) is 13.2. The van der Waals surface area contributed by atoms with Crippen molar-refractivity contribution in [3.63, 3.8) is 0 Å². The number of hydrogen-bond donors (Lipinski definition) is 0. The van der Waals surface area contributed by atoms with Crippen LogP contribution in [-0.4, -0.2) is 14.2 Å². The Morgan fingerprint density at radius 3 is 2.24 bits per heavy atom. The van der Waals surface area contributed by atoms with E-state index in [-0.39, 0.29) is 5.56 Å². The van der Waals surface area contributed by atoms with Crippen molar-refractivity contribution >= 4 is 5.52 Å². The van der Waals surface area contributed by atoms with E-state index >= 15 is 0 Å². The van der Waals surface area contributed by atoms with Crippen molar-refractivity contribution in [3.8, 4) is 11.4 Å². The minimum atomic E-state index is 0.0302. The monoisotopic (exact) mass is 337 g/mol. The van der Waals surface area contributed by atoms with Gasteiger partial charge in [0, 0.05) is 18.3 Å². The van der Waals surface area contributed by atoms with Crippen LogP contribution in [-0.2, 0) is 7.05 Å². The Bertz CT molecular complexity index is 970. The first kappa shape index (κ1) is 17.5. The molecule has 0 saturated heterocycles. The summed E-state index contributed by atoms with van der Waals surface area (Å²) in [7, 11) is 1.83. The number of benzene rings is 1. The van der Waals surface area contributed by atoms with E-state index in [1.807, 2.05) is 24.6 Å². The summed E-state index contributed by atoms with van der Waals surface area (Å²) in [5.41, 5.74) is 6.21. The lowest BCUT2D eigenvalue weighted by molar-refractivity contribution is 0.644. The molecule has 0 aliphatic rings. The summed E-state index contributed by atoms with van der Waals surface area (Å²) in [6.45, 7) is 10.5. The lowest BCUT2D eigenvalue weighted by atomic mass is 9.95. The van der Waals surface area contributed by atoms with E-state index in [2.05, 4.69) is 45.9 Å². The van der Waals surface area contributed by atoms with E-state index in [1.165, 1.54) is 0 Å². The fourth-order valence-corrected chi connectivity index (χ4v) is 3.84. The maximum atomic E-state index is 13.2. The van der Waals surface area contributed by atoms with Crippen LogP contribution in [0.1, 0.15) is 55.0 Å². The van der Waals surface area contributed by atoms with E-state index in [9.17, 15) is 4.79 Å². The number of nitrogens with zero attached hydrogens (tertiary/aromatic N) is 3. The van der Waals surface area contributed by atoms with E-state index in [0.717, 1.165) is 52.1 Å². The van der Waals surface area contributed by atoms with Gasteiger partial charge in [0.2, 0.25) is 0 Å². The Balaban J connectivity index is 2.38. The van der Waals surface area contributed by atoms with Gasteiger partial charge in [0.25, 0.3) is 5.56 Å². The Labute approximate surface area is 149 Å². The molecule has 0 amide bonds. The Hall–Kier alpha value is -2.36. The lowest BCUT2D eigenvalue weighted by Gasteiger charge is -2.15. The highest BCUT2D eigenvalue weighted by molar-refractivity contribution is 5.66. The first-order chi connectivity index (χ1) is 11.9. The predicted molar refractivity (Wildman–Crippen MR) is 103 cm³/mol. The highest BCUT2D eigenvalue weighted by Crippen LogP contribution is 2.29. The van der Waals surface area contributed by atoms with Gasteiger partial charge in [-0.25, -0.2) is 4.52 Å². The average molecular weight is 337 g/mol. The third-order valence-corrected chi connectivity index (χ3v) is 5.33. The molecule has 3 aromatic rings. The number of aryl methyl sites for hydroxylation is 3. The first-order valence-corrected chi connectivity index (χ1v) is 9.06. The van der Waals surface area contributed by atoms with Gasteiger partial charge in [0.05, 0.1) is 0 Å². The van der Waals surface area contributed by atoms with Crippen LogP contribution >= 0.6 is 0 Å². The van der Waals surface area contributed by atoms with Gasteiger partial charge in [-0.15, -0.1) is 5.10 Å². The van der Waals surface area contributed by atoms with Crippen molar-refractivity contribution in [3.05, 3.63) is 57.0 Å². The van der Waals surface area contributed by atoms with Gasteiger partial charge in [0.1, 0.15) is 5.52 Å². The first-order valence-electron chi connectivity index (χ1n) is 9.06. The van der Waals surface area contributed by atoms with Crippen LogP contribution in [0.4, 0.5) is 0 Å². The van der Waals surface area contributed by atoms with E-state index in [1.54, 1.807) is 4.57 Å². The molecule has 132 valence electrons. The summed E-state index contributed by atoms with van der Waals surface area (Å²) in [6, 6.07) is 8.31. The number of fused-ring (bicyclic) bond motifs is 1. The summed E-state index contributed by atoms with van der Waals surface area (Å²) < 4.78 is 3.55. The highest BCUT2D eigenvalue weighted by Gasteiger charge is 2.21. The second kappa shape index (κ2) is 6.51. The van der Waals surface area contributed by atoms with Gasteiger partial charge >= 0.3 is 0 Å². The summed E-state index contributed by atoms with van der Waals surface area (Å²) in [5, 5.41) is 4.88. The van der Waals surface area contributed by atoms with E-state index in [0.29, 0.717) is 5.92 Å². The van der Waals surface area contributed by atoms with Gasteiger partial charge in [0.15, 0.2) is 5.82 Å². The third kappa shape index (κ3) is 2.70. The molecule has 0 spiro atoms. The van der Waals surface area contributed by atoms with Crippen LogP contribution in [0.2, 0.25) is 0 Å². The number of rotatable bonds is 4.